The minimum absolute atomic E-state index is 0. The van der Waals surface area contributed by atoms with E-state index in [1.165, 1.54) is 0 Å². The van der Waals surface area contributed by atoms with Crippen LogP contribution in [0.1, 0.15) is 46.5 Å². The molecule has 0 aromatic carbocycles. The van der Waals surface area contributed by atoms with Gasteiger partial charge in [-0.05, 0) is 12.3 Å². The van der Waals surface area contributed by atoms with Crippen LogP contribution in [0, 0.1) is 11.3 Å². The summed E-state index contributed by atoms with van der Waals surface area (Å²) in [4.78, 5) is 22.2. The number of hydrogen-bond acceptors (Lipinski definition) is 2. The Bertz CT molecular complexity index is 224. The predicted molar refractivity (Wildman–Crippen MR) is 65.2 cm³/mol. The van der Waals surface area contributed by atoms with Gasteiger partial charge in [0.25, 0.3) is 0 Å². The van der Waals surface area contributed by atoms with Gasteiger partial charge in [-0.2, -0.15) is 0 Å². The van der Waals surface area contributed by atoms with Crippen molar-refractivity contribution in [1.29, 1.82) is 0 Å². The molecule has 2 N–H and O–H groups in total. The average molecular weight is 243 g/mol. The van der Waals surface area contributed by atoms with E-state index in [2.05, 4.69) is 0 Å². The predicted octanol–water partition coefficient (Wildman–Crippen LogP) is 1.46. The number of unbranched alkanes of at least 4 members (excludes halogenated alkanes) is 2. The third-order valence-corrected chi connectivity index (χ3v) is 2.92. The summed E-state index contributed by atoms with van der Waals surface area (Å²) in [6.07, 6.45) is 2.68. The van der Waals surface area contributed by atoms with Crippen LogP contribution >= 0.6 is 0 Å². The molecule has 92 valence electrons. The minimum atomic E-state index is -1.62. The Balaban J connectivity index is 0. The van der Waals surface area contributed by atoms with E-state index >= 15 is 0 Å². The van der Waals surface area contributed by atoms with E-state index in [4.69, 9.17) is 10.2 Å². The van der Waals surface area contributed by atoms with Gasteiger partial charge >= 0.3 is 35.0 Å². The number of hydrogen-bond donors (Lipinski definition) is 2. The van der Waals surface area contributed by atoms with Gasteiger partial charge < -0.3 is 10.2 Å². The zero-order valence-corrected chi connectivity index (χ0v) is 9.62. The first-order chi connectivity index (χ1) is 6.89. The average Bonchev–Trinajstić information content (AvgIpc) is 2.10. The van der Waals surface area contributed by atoms with Crippen molar-refractivity contribution >= 4 is 35.0 Å². The molecule has 0 saturated carbocycles. The van der Waals surface area contributed by atoms with Gasteiger partial charge in [0, 0.05) is 0 Å². The van der Waals surface area contributed by atoms with Crippen molar-refractivity contribution in [2.75, 3.05) is 0 Å². The van der Waals surface area contributed by atoms with E-state index < -0.39 is 23.3 Å². The first-order valence-corrected chi connectivity index (χ1v) is 5.36. The lowest BCUT2D eigenvalue weighted by molar-refractivity contribution is -0.169. The zero-order chi connectivity index (χ0) is 12.1. The fourth-order valence-corrected chi connectivity index (χ4v) is 1.74. The summed E-state index contributed by atoms with van der Waals surface area (Å²) >= 11 is 0. The highest BCUT2D eigenvalue weighted by molar-refractivity contribution is 5.98. The number of carboxylic acid groups (broad SMARTS) is 2. The van der Waals surface area contributed by atoms with Crippen LogP contribution in [0.3, 0.4) is 0 Å². The fraction of sp³-hybridized carbons (Fsp3) is 0.818. The highest BCUT2D eigenvalue weighted by Gasteiger charge is 2.48. The second-order valence-corrected chi connectivity index (χ2v) is 4.19. The molecule has 0 radical (unpaired) electrons. The van der Waals surface area contributed by atoms with Crippen molar-refractivity contribution in [2.45, 2.75) is 46.5 Å². The quantitative estimate of drug-likeness (QED) is 0.403. The van der Waals surface area contributed by atoms with Crippen molar-refractivity contribution in [2.24, 2.45) is 11.3 Å². The Morgan fingerprint density at radius 1 is 1.12 bits per heavy atom. The topological polar surface area (TPSA) is 74.6 Å². The molecular formula is C11H22MgO4. The van der Waals surface area contributed by atoms with Crippen LogP contribution in [0.5, 0.6) is 0 Å². The van der Waals surface area contributed by atoms with Crippen LogP contribution in [-0.2, 0) is 9.59 Å². The van der Waals surface area contributed by atoms with Crippen LogP contribution in [0.25, 0.3) is 0 Å². The van der Waals surface area contributed by atoms with Crippen LogP contribution in [0.2, 0.25) is 0 Å². The van der Waals surface area contributed by atoms with Gasteiger partial charge in [-0.3, -0.25) is 9.59 Å². The molecule has 0 unspecified atom stereocenters. The Labute approximate surface area is 113 Å². The lowest BCUT2D eigenvalue weighted by Crippen LogP contribution is -2.43. The molecule has 0 spiro atoms. The van der Waals surface area contributed by atoms with E-state index in [1.54, 1.807) is 13.8 Å². The molecular weight excluding hydrogens is 220 g/mol. The lowest BCUT2D eigenvalue weighted by Gasteiger charge is -2.28. The molecule has 0 rings (SSSR count). The van der Waals surface area contributed by atoms with Gasteiger partial charge in [-0.15, -0.1) is 0 Å². The molecule has 0 amide bonds. The highest BCUT2D eigenvalue weighted by atomic mass is 24.3. The standard InChI is InChI=1S/C11H20O4.Mg.2H/c1-4-5-6-7-11(8(2)3,9(12)13)10(14)15;;;/h8H,4-7H2,1-3H3,(H,12,13)(H,14,15);;;. The normalized spacial score (nSPS) is 11.0. The molecule has 0 atom stereocenters. The van der Waals surface area contributed by atoms with E-state index in [1.807, 2.05) is 6.92 Å². The third-order valence-electron chi connectivity index (χ3n) is 2.92. The SMILES string of the molecule is CCCCCC(C(=O)O)(C(=O)O)C(C)C.[MgH2]. The maximum Gasteiger partial charge on any atom is 0.321 e. The number of rotatable bonds is 7. The number of aliphatic carboxylic acids is 2. The summed E-state index contributed by atoms with van der Waals surface area (Å²) in [6.45, 7) is 5.29. The van der Waals surface area contributed by atoms with Crippen molar-refractivity contribution in [3.05, 3.63) is 0 Å². The smallest absolute Gasteiger partial charge is 0.321 e. The van der Waals surface area contributed by atoms with Crippen molar-refractivity contribution < 1.29 is 19.8 Å². The first kappa shape index (κ1) is 18.1. The Hall–Kier alpha value is -0.294. The molecule has 0 fully saturated rings. The minimum Gasteiger partial charge on any atom is -0.480 e. The van der Waals surface area contributed by atoms with E-state index in [-0.39, 0.29) is 29.5 Å². The molecule has 5 heteroatoms. The Kier molecular flexibility index (Phi) is 8.92. The molecule has 0 aliphatic carbocycles. The molecule has 0 heterocycles. The van der Waals surface area contributed by atoms with Crippen LogP contribution in [0.15, 0.2) is 0 Å². The van der Waals surface area contributed by atoms with Gasteiger partial charge in [0.15, 0.2) is 5.41 Å². The number of carbonyl (C=O) groups is 2. The summed E-state index contributed by atoms with van der Waals surface area (Å²) in [5, 5.41) is 18.2. The molecule has 16 heavy (non-hydrogen) atoms. The number of carboxylic acids is 2. The zero-order valence-electron chi connectivity index (χ0n) is 9.62. The largest absolute Gasteiger partial charge is 0.480 e. The van der Waals surface area contributed by atoms with Crippen LogP contribution in [-0.4, -0.2) is 45.2 Å². The lowest BCUT2D eigenvalue weighted by atomic mass is 9.73. The van der Waals surface area contributed by atoms with Crippen molar-refractivity contribution in [1.82, 2.24) is 0 Å². The van der Waals surface area contributed by atoms with E-state index in [0.717, 1.165) is 12.8 Å². The summed E-state index contributed by atoms with van der Waals surface area (Å²) in [6, 6.07) is 0. The second kappa shape index (κ2) is 7.90. The van der Waals surface area contributed by atoms with Crippen LogP contribution in [0.4, 0.5) is 0 Å². The monoisotopic (exact) mass is 242 g/mol. The first-order valence-electron chi connectivity index (χ1n) is 5.36. The Morgan fingerprint density at radius 3 is 1.81 bits per heavy atom. The van der Waals surface area contributed by atoms with Crippen molar-refractivity contribution in [3.8, 4) is 0 Å². The van der Waals surface area contributed by atoms with Gasteiger partial charge in [-0.25, -0.2) is 0 Å². The van der Waals surface area contributed by atoms with Crippen LogP contribution < -0.4 is 0 Å². The Morgan fingerprint density at radius 2 is 1.56 bits per heavy atom. The molecule has 0 aromatic rings. The maximum atomic E-state index is 11.1. The van der Waals surface area contributed by atoms with Gasteiger partial charge in [0.1, 0.15) is 0 Å². The third kappa shape index (κ3) is 3.94. The highest BCUT2D eigenvalue weighted by Crippen LogP contribution is 2.34. The van der Waals surface area contributed by atoms with E-state index in [0.29, 0.717) is 6.42 Å². The van der Waals surface area contributed by atoms with Gasteiger partial charge in [0.2, 0.25) is 0 Å². The molecule has 4 nitrogen and oxygen atoms in total. The summed E-state index contributed by atoms with van der Waals surface area (Å²) < 4.78 is 0. The summed E-state index contributed by atoms with van der Waals surface area (Å²) in [5.41, 5.74) is -1.62. The summed E-state index contributed by atoms with van der Waals surface area (Å²) in [5.74, 6) is -2.84. The second-order valence-electron chi connectivity index (χ2n) is 4.19. The van der Waals surface area contributed by atoms with E-state index in [9.17, 15) is 9.59 Å². The molecule has 0 saturated heterocycles. The molecule has 0 bridgehead atoms. The van der Waals surface area contributed by atoms with Gasteiger partial charge in [-0.1, -0.05) is 40.0 Å². The summed E-state index contributed by atoms with van der Waals surface area (Å²) in [7, 11) is 0. The maximum absolute atomic E-state index is 11.1. The molecule has 0 aliphatic rings. The van der Waals surface area contributed by atoms with Crippen molar-refractivity contribution in [3.63, 3.8) is 0 Å². The molecule has 0 aliphatic heterocycles. The fourth-order valence-electron chi connectivity index (χ4n) is 1.74. The van der Waals surface area contributed by atoms with Gasteiger partial charge in [0.05, 0.1) is 0 Å². The molecule has 0 aromatic heterocycles.